The molecule has 3 N–H and O–H groups in total. The number of carbonyl (C=O) groups is 1. The van der Waals surface area contributed by atoms with Crippen molar-refractivity contribution in [1.82, 2.24) is 14.9 Å². The summed E-state index contributed by atoms with van der Waals surface area (Å²) >= 11 is 0. The van der Waals surface area contributed by atoms with Gasteiger partial charge in [0, 0.05) is 24.1 Å². The van der Waals surface area contributed by atoms with Gasteiger partial charge in [0.25, 0.3) is 11.5 Å². The second-order valence-corrected chi connectivity index (χ2v) is 7.39. The smallest absolute Gasteiger partial charge is 0.257 e. The molecule has 1 aliphatic carbocycles. The number of H-pyrrole nitrogens is 1. The molecule has 1 fully saturated rings. The number of para-hydroxylation sites is 1. The third-order valence-electron chi connectivity index (χ3n) is 6.03. The van der Waals surface area contributed by atoms with Crippen LogP contribution in [0.25, 0.3) is 0 Å². The second-order valence-electron chi connectivity index (χ2n) is 7.39. The van der Waals surface area contributed by atoms with E-state index in [2.05, 4.69) is 9.97 Å². The highest BCUT2D eigenvalue weighted by Crippen LogP contribution is 2.44. The van der Waals surface area contributed by atoms with Crippen molar-refractivity contribution in [2.45, 2.75) is 31.1 Å². The largest absolute Gasteiger partial charge is 0.493 e. The first kappa shape index (κ1) is 18.3. The summed E-state index contributed by atoms with van der Waals surface area (Å²) in [5, 5.41) is 0. The standard InChI is InChI=1S/C20H24N4O4/c1-27-14-5-3-4-12(15(14)28-2)18(26)24-10-8-20(9-11-24)7-6-13-16(20)22-19(21)23-17(13)25/h3-5H,6-11H2,1-2H3,(H3,21,22,23,25). The number of hydrogen-bond donors (Lipinski definition) is 2. The van der Waals surface area contributed by atoms with Crippen molar-refractivity contribution in [3.63, 3.8) is 0 Å². The number of nitrogens with zero attached hydrogens (tertiary/aromatic N) is 2. The summed E-state index contributed by atoms with van der Waals surface area (Å²) in [6.07, 6.45) is 3.09. The first-order valence-corrected chi connectivity index (χ1v) is 9.38. The lowest BCUT2D eigenvalue weighted by atomic mass is 9.76. The van der Waals surface area contributed by atoms with Gasteiger partial charge in [-0.2, -0.15) is 0 Å². The number of benzene rings is 1. The Balaban J connectivity index is 1.57. The Labute approximate surface area is 162 Å². The van der Waals surface area contributed by atoms with Crippen molar-refractivity contribution in [3.05, 3.63) is 45.4 Å². The maximum absolute atomic E-state index is 13.1. The van der Waals surface area contributed by atoms with Gasteiger partial charge in [-0.3, -0.25) is 14.6 Å². The minimum absolute atomic E-state index is 0.0813. The third kappa shape index (κ3) is 2.80. The van der Waals surface area contributed by atoms with Gasteiger partial charge < -0.3 is 20.1 Å². The number of rotatable bonds is 3. The lowest BCUT2D eigenvalue weighted by Crippen LogP contribution is -2.45. The highest BCUT2D eigenvalue weighted by molar-refractivity contribution is 5.98. The van der Waals surface area contributed by atoms with E-state index < -0.39 is 0 Å². The van der Waals surface area contributed by atoms with Crippen LogP contribution >= 0.6 is 0 Å². The van der Waals surface area contributed by atoms with E-state index in [1.165, 1.54) is 7.11 Å². The summed E-state index contributed by atoms with van der Waals surface area (Å²) in [5.74, 6) is 1.06. The molecule has 1 aromatic heterocycles. The summed E-state index contributed by atoms with van der Waals surface area (Å²) in [6, 6.07) is 5.30. The summed E-state index contributed by atoms with van der Waals surface area (Å²) in [4.78, 5) is 34.2. The fourth-order valence-electron chi connectivity index (χ4n) is 4.52. The Morgan fingerprint density at radius 3 is 2.64 bits per heavy atom. The number of ether oxygens (including phenoxy) is 2. The maximum Gasteiger partial charge on any atom is 0.257 e. The van der Waals surface area contributed by atoms with Crippen molar-refractivity contribution in [2.24, 2.45) is 0 Å². The Hall–Kier alpha value is -3.03. The highest BCUT2D eigenvalue weighted by atomic mass is 16.5. The monoisotopic (exact) mass is 384 g/mol. The van der Waals surface area contributed by atoms with Gasteiger partial charge in [0.2, 0.25) is 5.95 Å². The van der Waals surface area contributed by atoms with Crippen molar-refractivity contribution >= 4 is 11.9 Å². The Morgan fingerprint density at radius 2 is 1.96 bits per heavy atom. The molecule has 8 heteroatoms. The SMILES string of the molecule is COc1cccc(C(=O)N2CCC3(CCc4c3nc(N)[nH]c4=O)CC2)c1OC. The van der Waals surface area contributed by atoms with Crippen LogP contribution in [0.15, 0.2) is 23.0 Å². The van der Waals surface area contributed by atoms with Crippen LogP contribution in [0.2, 0.25) is 0 Å². The van der Waals surface area contributed by atoms with Gasteiger partial charge in [0.1, 0.15) is 0 Å². The normalized spacial score (nSPS) is 17.4. The zero-order valence-electron chi connectivity index (χ0n) is 16.1. The van der Waals surface area contributed by atoms with Gasteiger partial charge in [0.15, 0.2) is 11.5 Å². The average Bonchev–Trinajstić information content (AvgIpc) is 3.05. The van der Waals surface area contributed by atoms with Crippen LogP contribution in [-0.2, 0) is 11.8 Å². The number of methoxy groups -OCH3 is 2. The van der Waals surface area contributed by atoms with Crippen molar-refractivity contribution in [1.29, 1.82) is 0 Å². The van der Waals surface area contributed by atoms with Crippen LogP contribution in [0, 0.1) is 0 Å². The minimum atomic E-state index is -0.174. The van der Waals surface area contributed by atoms with Crippen molar-refractivity contribution in [3.8, 4) is 11.5 Å². The van der Waals surface area contributed by atoms with Crippen LogP contribution in [-0.4, -0.2) is 48.1 Å². The molecule has 2 aliphatic rings. The van der Waals surface area contributed by atoms with E-state index in [0.717, 1.165) is 30.5 Å². The number of anilines is 1. The van der Waals surface area contributed by atoms with Gasteiger partial charge in [0.05, 0.1) is 25.5 Å². The highest BCUT2D eigenvalue weighted by Gasteiger charge is 2.44. The van der Waals surface area contributed by atoms with Crippen LogP contribution < -0.4 is 20.8 Å². The predicted octanol–water partition coefficient (Wildman–Crippen LogP) is 1.49. The Morgan fingerprint density at radius 1 is 1.21 bits per heavy atom. The number of aromatic nitrogens is 2. The number of nitrogens with two attached hydrogens (primary N) is 1. The number of carbonyl (C=O) groups excluding carboxylic acids is 1. The fourth-order valence-corrected chi connectivity index (χ4v) is 4.52. The summed E-state index contributed by atoms with van der Waals surface area (Å²) in [6.45, 7) is 1.18. The summed E-state index contributed by atoms with van der Waals surface area (Å²) < 4.78 is 10.7. The van der Waals surface area contributed by atoms with E-state index in [4.69, 9.17) is 15.2 Å². The summed E-state index contributed by atoms with van der Waals surface area (Å²) in [5.41, 5.74) is 7.51. The van der Waals surface area contributed by atoms with Crippen molar-refractivity contribution in [2.75, 3.05) is 33.0 Å². The second kappa shape index (κ2) is 6.85. The molecule has 0 saturated carbocycles. The number of nitrogens with one attached hydrogen (secondary N) is 1. The number of likely N-dealkylation sites (tertiary alicyclic amines) is 1. The topological polar surface area (TPSA) is 111 Å². The van der Waals surface area contributed by atoms with Crippen molar-refractivity contribution < 1.29 is 14.3 Å². The van der Waals surface area contributed by atoms with E-state index in [0.29, 0.717) is 36.6 Å². The molecular formula is C20H24N4O4. The molecule has 1 spiro atoms. The molecule has 0 unspecified atom stereocenters. The molecule has 1 aromatic carbocycles. The molecule has 1 saturated heterocycles. The molecule has 1 amide bonds. The zero-order chi connectivity index (χ0) is 19.9. The fraction of sp³-hybridized carbons (Fsp3) is 0.450. The van der Waals surface area contributed by atoms with Crippen LogP contribution in [0.5, 0.6) is 11.5 Å². The van der Waals surface area contributed by atoms with Gasteiger partial charge in [-0.1, -0.05) is 6.07 Å². The molecule has 0 bridgehead atoms. The lowest BCUT2D eigenvalue weighted by Gasteiger charge is -2.39. The maximum atomic E-state index is 13.1. The third-order valence-corrected chi connectivity index (χ3v) is 6.03. The molecule has 4 rings (SSSR count). The quantitative estimate of drug-likeness (QED) is 0.830. The van der Waals surface area contributed by atoms with Gasteiger partial charge in [-0.15, -0.1) is 0 Å². The minimum Gasteiger partial charge on any atom is -0.493 e. The van der Waals surface area contributed by atoms with Gasteiger partial charge >= 0.3 is 0 Å². The molecule has 2 heterocycles. The molecule has 0 atom stereocenters. The van der Waals surface area contributed by atoms with Crippen LogP contribution in [0.4, 0.5) is 5.95 Å². The molecule has 2 aromatic rings. The predicted molar refractivity (Wildman–Crippen MR) is 104 cm³/mol. The van der Waals surface area contributed by atoms with E-state index in [-0.39, 0.29) is 22.8 Å². The molecule has 0 radical (unpaired) electrons. The first-order chi connectivity index (χ1) is 13.5. The van der Waals surface area contributed by atoms with Gasteiger partial charge in [-0.05, 0) is 37.8 Å². The lowest BCUT2D eigenvalue weighted by molar-refractivity contribution is 0.0659. The summed E-state index contributed by atoms with van der Waals surface area (Å²) in [7, 11) is 3.08. The van der Waals surface area contributed by atoms with Crippen LogP contribution in [0.3, 0.4) is 0 Å². The zero-order valence-corrected chi connectivity index (χ0v) is 16.1. The number of piperidine rings is 1. The average molecular weight is 384 g/mol. The molecule has 1 aliphatic heterocycles. The number of nitrogen functional groups attached to an aromatic ring is 1. The van der Waals surface area contributed by atoms with Gasteiger partial charge in [-0.25, -0.2) is 4.98 Å². The number of fused-ring (bicyclic) bond motifs is 2. The van der Waals surface area contributed by atoms with E-state index in [1.807, 2.05) is 4.90 Å². The Bertz CT molecular complexity index is 977. The molecular weight excluding hydrogens is 360 g/mol. The van der Waals surface area contributed by atoms with Crippen LogP contribution in [0.1, 0.15) is 40.9 Å². The van der Waals surface area contributed by atoms with E-state index in [9.17, 15) is 9.59 Å². The number of hydrogen-bond acceptors (Lipinski definition) is 6. The number of aromatic amines is 1. The first-order valence-electron chi connectivity index (χ1n) is 9.38. The molecule has 28 heavy (non-hydrogen) atoms. The number of amides is 1. The van der Waals surface area contributed by atoms with E-state index >= 15 is 0 Å². The molecule has 8 nitrogen and oxygen atoms in total. The van der Waals surface area contributed by atoms with E-state index in [1.54, 1.807) is 25.3 Å². The Kier molecular flexibility index (Phi) is 4.49. The molecule has 148 valence electrons.